The molecule has 210 valence electrons. The van der Waals surface area contributed by atoms with Gasteiger partial charge in [-0.05, 0) is 70.0 Å². The summed E-state index contributed by atoms with van der Waals surface area (Å²) in [6.45, 7) is 7.11. The molecule has 0 radical (unpaired) electrons. The van der Waals surface area contributed by atoms with Crippen molar-refractivity contribution < 1.29 is 9.53 Å². The maximum Gasteiger partial charge on any atom is 0.306 e. The fraction of sp³-hybridized carbons (Fsp3) is 0.364. The van der Waals surface area contributed by atoms with Gasteiger partial charge in [0.1, 0.15) is 5.60 Å². The predicted molar refractivity (Wildman–Crippen MR) is 162 cm³/mol. The van der Waals surface area contributed by atoms with Crippen LogP contribution in [0.25, 0.3) is 10.8 Å². The van der Waals surface area contributed by atoms with Gasteiger partial charge in [-0.1, -0.05) is 72.3 Å². The number of fused-ring (bicyclic) bond motifs is 1. The van der Waals surface area contributed by atoms with Crippen LogP contribution in [-0.2, 0) is 22.5 Å². The Bertz CT molecular complexity index is 1480. The highest BCUT2D eigenvalue weighted by Gasteiger charge is 2.22. The molecule has 0 spiro atoms. The third-order valence-electron chi connectivity index (χ3n) is 6.78. The van der Waals surface area contributed by atoms with Gasteiger partial charge in [-0.15, -0.1) is 0 Å². The van der Waals surface area contributed by atoms with Crippen molar-refractivity contribution in [2.75, 3.05) is 13.6 Å². The van der Waals surface area contributed by atoms with Crippen molar-refractivity contribution in [3.63, 3.8) is 0 Å². The van der Waals surface area contributed by atoms with Crippen molar-refractivity contribution in [3.8, 4) is 0 Å². The van der Waals surface area contributed by atoms with E-state index in [1.54, 1.807) is 4.68 Å². The van der Waals surface area contributed by atoms with E-state index in [4.69, 9.17) is 21.4 Å². The Morgan fingerprint density at radius 3 is 2.25 bits per heavy atom. The zero-order chi connectivity index (χ0) is 28.7. The molecule has 4 aromatic rings. The molecule has 0 bridgehead atoms. The molecule has 1 atom stereocenters. The third kappa shape index (κ3) is 8.26. The molecule has 40 heavy (non-hydrogen) atoms. The number of hydrogen-bond donors (Lipinski definition) is 0. The molecule has 0 saturated heterocycles. The molecule has 1 unspecified atom stereocenters. The second kappa shape index (κ2) is 13.2. The van der Waals surface area contributed by atoms with Crippen LogP contribution in [0, 0.1) is 0 Å². The lowest BCUT2D eigenvalue weighted by molar-refractivity contribution is -0.155. The average Bonchev–Trinajstić information content (AvgIpc) is 2.91. The summed E-state index contributed by atoms with van der Waals surface area (Å²) in [5.41, 5.74) is 2.39. The summed E-state index contributed by atoms with van der Waals surface area (Å²) in [6.07, 6.45) is 1.89. The molecule has 0 aliphatic rings. The van der Waals surface area contributed by atoms with Crippen LogP contribution in [-0.4, -0.2) is 39.8 Å². The number of benzene rings is 3. The average molecular weight is 560 g/mol. The first-order valence-electron chi connectivity index (χ1n) is 13.8. The fourth-order valence-corrected chi connectivity index (χ4v) is 4.98. The molecule has 0 aliphatic carbocycles. The zero-order valence-electron chi connectivity index (χ0n) is 23.8. The van der Waals surface area contributed by atoms with Gasteiger partial charge in [0.25, 0.3) is 5.56 Å². The van der Waals surface area contributed by atoms with Crippen molar-refractivity contribution >= 4 is 28.3 Å². The Labute approximate surface area is 241 Å². The number of carbonyl (C=O) groups excluding carboxylic acids is 1. The monoisotopic (exact) mass is 559 g/mol. The van der Waals surface area contributed by atoms with Gasteiger partial charge < -0.3 is 9.64 Å². The van der Waals surface area contributed by atoms with E-state index >= 15 is 0 Å². The molecule has 6 nitrogen and oxygen atoms in total. The summed E-state index contributed by atoms with van der Waals surface area (Å²) in [5, 5.41) is 7.07. The van der Waals surface area contributed by atoms with Crippen molar-refractivity contribution in [2.24, 2.45) is 0 Å². The maximum absolute atomic E-state index is 13.8. The van der Waals surface area contributed by atoms with Gasteiger partial charge in [-0.2, -0.15) is 5.10 Å². The van der Waals surface area contributed by atoms with Gasteiger partial charge in [0.15, 0.2) is 0 Å². The van der Waals surface area contributed by atoms with E-state index in [1.165, 1.54) is 5.56 Å². The number of esters is 1. The highest BCUT2D eigenvalue weighted by atomic mass is 35.5. The third-order valence-corrected chi connectivity index (χ3v) is 7.03. The zero-order valence-corrected chi connectivity index (χ0v) is 24.5. The number of carbonyl (C=O) groups is 1. The highest BCUT2D eigenvalue weighted by molar-refractivity contribution is 6.30. The van der Waals surface area contributed by atoms with Crippen LogP contribution in [0.5, 0.6) is 0 Å². The Balaban J connectivity index is 1.65. The van der Waals surface area contributed by atoms with Crippen molar-refractivity contribution in [3.05, 3.63) is 111 Å². The number of rotatable bonds is 11. The molecule has 1 aromatic heterocycles. The van der Waals surface area contributed by atoms with Gasteiger partial charge in [0.05, 0.1) is 17.1 Å². The SMILES string of the molecule is CN(CCC(CCC(=O)OC(C)(C)C)n1nc(Cc2ccc(Cl)cc2)c2ccccc2c1=O)Cc1ccccc1. The first-order chi connectivity index (χ1) is 19.1. The van der Waals surface area contributed by atoms with E-state index in [-0.39, 0.29) is 24.0 Å². The summed E-state index contributed by atoms with van der Waals surface area (Å²) >= 11 is 6.11. The highest BCUT2D eigenvalue weighted by Crippen LogP contribution is 2.23. The molecular formula is C33H38ClN3O3. The van der Waals surface area contributed by atoms with E-state index in [1.807, 2.05) is 87.5 Å². The summed E-state index contributed by atoms with van der Waals surface area (Å²) < 4.78 is 7.18. The Kier molecular flexibility index (Phi) is 9.77. The minimum Gasteiger partial charge on any atom is -0.460 e. The normalized spacial score (nSPS) is 12.6. The second-order valence-electron chi connectivity index (χ2n) is 11.3. The molecule has 0 aliphatic heterocycles. The van der Waals surface area contributed by atoms with Crippen LogP contribution in [0.4, 0.5) is 0 Å². The van der Waals surface area contributed by atoms with Gasteiger partial charge >= 0.3 is 5.97 Å². The van der Waals surface area contributed by atoms with Crippen LogP contribution in [0.3, 0.4) is 0 Å². The molecule has 3 aromatic carbocycles. The molecule has 7 heteroatoms. The molecule has 4 rings (SSSR count). The lowest BCUT2D eigenvalue weighted by atomic mass is 10.0. The lowest BCUT2D eigenvalue weighted by Crippen LogP contribution is -2.32. The summed E-state index contributed by atoms with van der Waals surface area (Å²) in [6, 6.07) is 25.3. The number of ether oxygens (including phenoxy) is 1. The first kappa shape index (κ1) is 29.5. The summed E-state index contributed by atoms with van der Waals surface area (Å²) in [5.74, 6) is -0.273. The Hall–Kier alpha value is -3.48. The predicted octanol–water partition coefficient (Wildman–Crippen LogP) is 6.83. The Morgan fingerprint density at radius 1 is 0.925 bits per heavy atom. The van der Waals surface area contributed by atoms with Gasteiger partial charge in [-0.3, -0.25) is 9.59 Å². The quantitative estimate of drug-likeness (QED) is 0.189. The summed E-state index contributed by atoms with van der Waals surface area (Å²) in [4.78, 5) is 28.7. The minimum atomic E-state index is -0.563. The van der Waals surface area contributed by atoms with E-state index in [9.17, 15) is 9.59 Å². The van der Waals surface area contributed by atoms with Crippen molar-refractivity contribution in [1.29, 1.82) is 0 Å². The van der Waals surface area contributed by atoms with Crippen LogP contribution in [0.15, 0.2) is 83.7 Å². The fourth-order valence-electron chi connectivity index (χ4n) is 4.86. The molecular weight excluding hydrogens is 522 g/mol. The van der Waals surface area contributed by atoms with Crippen LogP contribution in [0.1, 0.15) is 62.9 Å². The largest absolute Gasteiger partial charge is 0.460 e. The van der Waals surface area contributed by atoms with Gasteiger partial charge in [-0.25, -0.2) is 4.68 Å². The van der Waals surface area contributed by atoms with Crippen molar-refractivity contribution in [2.45, 2.75) is 64.6 Å². The Morgan fingerprint density at radius 2 is 1.57 bits per heavy atom. The number of nitrogens with zero attached hydrogens (tertiary/aromatic N) is 3. The molecule has 1 heterocycles. The number of aromatic nitrogens is 2. The molecule has 0 saturated carbocycles. The van der Waals surface area contributed by atoms with E-state index < -0.39 is 5.60 Å². The maximum atomic E-state index is 13.8. The molecule has 0 fully saturated rings. The smallest absolute Gasteiger partial charge is 0.306 e. The van der Waals surface area contributed by atoms with Crippen LogP contribution in [0.2, 0.25) is 5.02 Å². The molecule has 0 amide bonds. The van der Waals surface area contributed by atoms with E-state index in [0.29, 0.717) is 29.7 Å². The standard InChI is InChI=1S/C33H38ClN3O3/c1-33(2,3)40-31(38)19-18-27(20-21-36(4)23-25-10-6-5-7-11-25)37-32(39)29-13-9-8-12-28(29)30(35-37)22-24-14-16-26(34)17-15-24/h5-17,27H,18-23H2,1-4H3. The van der Waals surface area contributed by atoms with Crippen LogP contribution >= 0.6 is 11.6 Å². The minimum absolute atomic E-state index is 0.143. The van der Waals surface area contributed by atoms with E-state index in [0.717, 1.165) is 29.7 Å². The van der Waals surface area contributed by atoms with Crippen LogP contribution < -0.4 is 5.56 Å². The second-order valence-corrected chi connectivity index (χ2v) is 11.8. The number of halogens is 1. The van der Waals surface area contributed by atoms with E-state index in [2.05, 4.69) is 24.1 Å². The molecule has 0 N–H and O–H groups in total. The summed E-state index contributed by atoms with van der Waals surface area (Å²) in [7, 11) is 2.07. The first-order valence-corrected chi connectivity index (χ1v) is 14.2. The topological polar surface area (TPSA) is 64.4 Å². The van der Waals surface area contributed by atoms with Gasteiger partial charge in [0.2, 0.25) is 0 Å². The van der Waals surface area contributed by atoms with Gasteiger partial charge in [0, 0.05) is 36.3 Å². The van der Waals surface area contributed by atoms with Crippen molar-refractivity contribution in [1.82, 2.24) is 14.7 Å². The number of hydrogen-bond acceptors (Lipinski definition) is 5. The lowest BCUT2D eigenvalue weighted by Gasteiger charge is -2.25.